The minimum Gasteiger partial charge on any atom is -0.507 e. The topological polar surface area (TPSA) is 108 Å². The van der Waals surface area contributed by atoms with Gasteiger partial charge in [-0.3, -0.25) is 0 Å². The Bertz CT molecular complexity index is 1020. The maximum Gasteiger partial charge on any atom is 0.250 e. The van der Waals surface area contributed by atoms with Crippen molar-refractivity contribution in [3.63, 3.8) is 0 Å². The van der Waals surface area contributed by atoms with Gasteiger partial charge in [-0.05, 0) is 36.4 Å². The number of phenolic OH excluding ortho intramolecular Hbond substituents is 1. The molecule has 0 atom stereocenters. The highest BCUT2D eigenvalue weighted by molar-refractivity contribution is 6.30. The Balaban J connectivity index is 1.57. The van der Waals surface area contributed by atoms with Gasteiger partial charge in [-0.1, -0.05) is 23.7 Å². The Kier molecular flexibility index (Phi) is 6.21. The third-order valence-electron chi connectivity index (χ3n) is 4.32. The number of ether oxygens (including phenoxy) is 1. The van der Waals surface area contributed by atoms with Crippen molar-refractivity contribution >= 4 is 41.3 Å². The molecule has 9 nitrogen and oxygen atoms in total. The number of anilines is 4. The van der Waals surface area contributed by atoms with Crippen molar-refractivity contribution in [1.82, 2.24) is 15.0 Å². The second-order valence-electron chi connectivity index (χ2n) is 6.44. The molecule has 0 amide bonds. The number of phenols is 1. The number of aromatic hydroxyl groups is 1. The summed E-state index contributed by atoms with van der Waals surface area (Å²) < 4.78 is 5.41. The van der Waals surface area contributed by atoms with E-state index in [4.69, 9.17) is 16.3 Å². The van der Waals surface area contributed by atoms with Crippen molar-refractivity contribution in [3.05, 3.63) is 59.1 Å². The van der Waals surface area contributed by atoms with Crippen LogP contribution >= 0.6 is 11.6 Å². The maximum atomic E-state index is 9.85. The molecule has 3 N–H and O–H groups in total. The molecule has 1 aliphatic heterocycles. The molecule has 3 aromatic rings. The van der Waals surface area contributed by atoms with Gasteiger partial charge >= 0.3 is 0 Å². The van der Waals surface area contributed by atoms with Gasteiger partial charge in [0.2, 0.25) is 17.8 Å². The Morgan fingerprint density at radius 2 is 1.73 bits per heavy atom. The molecule has 0 bridgehead atoms. The first-order valence-electron chi connectivity index (χ1n) is 9.36. The van der Waals surface area contributed by atoms with Crippen molar-refractivity contribution in [2.45, 2.75) is 0 Å². The molecular weight excluding hydrogens is 406 g/mol. The number of hydrogen-bond acceptors (Lipinski definition) is 9. The number of benzene rings is 2. The average Bonchev–Trinajstić information content (AvgIpc) is 2.77. The first-order valence-corrected chi connectivity index (χ1v) is 9.73. The highest BCUT2D eigenvalue weighted by atomic mass is 35.5. The van der Waals surface area contributed by atoms with E-state index < -0.39 is 0 Å². The van der Waals surface area contributed by atoms with Crippen LogP contribution in [0.5, 0.6) is 5.75 Å². The van der Waals surface area contributed by atoms with Gasteiger partial charge in [0.25, 0.3) is 0 Å². The second-order valence-corrected chi connectivity index (χ2v) is 6.88. The van der Waals surface area contributed by atoms with Gasteiger partial charge in [-0.25, -0.2) is 5.43 Å². The number of rotatable bonds is 6. The lowest BCUT2D eigenvalue weighted by atomic mass is 10.2. The summed E-state index contributed by atoms with van der Waals surface area (Å²) in [5.74, 6) is 1.30. The van der Waals surface area contributed by atoms with Gasteiger partial charge < -0.3 is 20.1 Å². The van der Waals surface area contributed by atoms with Gasteiger partial charge in [0.05, 0.1) is 19.4 Å². The Morgan fingerprint density at radius 3 is 2.50 bits per heavy atom. The number of nitrogens with zero attached hydrogens (tertiary/aromatic N) is 5. The van der Waals surface area contributed by atoms with E-state index in [2.05, 4.69) is 30.8 Å². The fourth-order valence-electron chi connectivity index (χ4n) is 2.79. The van der Waals surface area contributed by atoms with E-state index in [-0.39, 0.29) is 11.7 Å². The third kappa shape index (κ3) is 5.13. The van der Waals surface area contributed by atoms with E-state index >= 15 is 0 Å². The van der Waals surface area contributed by atoms with Crippen LogP contribution in [0.4, 0.5) is 23.5 Å². The molecule has 1 fully saturated rings. The molecule has 154 valence electrons. The summed E-state index contributed by atoms with van der Waals surface area (Å²) >= 11 is 5.95. The molecule has 0 spiro atoms. The van der Waals surface area contributed by atoms with Gasteiger partial charge in [-0.2, -0.15) is 20.1 Å². The highest BCUT2D eigenvalue weighted by Crippen LogP contribution is 2.20. The molecule has 10 heteroatoms. The molecule has 0 unspecified atom stereocenters. The van der Waals surface area contributed by atoms with Crippen molar-refractivity contribution in [3.8, 4) is 5.75 Å². The minimum atomic E-state index is 0.137. The average molecular weight is 426 g/mol. The van der Waals surface area contributed by atoms with Gasteiger partial charge in [0, 0.05) is 29.4 Å². The molecule has 30 heavy (non-hydrogen) atoms. The lowest BCUT2D eigenvalue weighted by Gasteiger charge is -2.27. The Morgan fingerprint density at radius 1 is 1.00 bits per heavy atom. The molecule has 1 saturated heterocycles. The quantitative estimate of drug-likeness (QED) is 0.408. The smallest absolute Gasteiger partial charge is 0.250 e. The van der Waals surface area contributed by atoms with Crippen LogP contribution in [0.2, 0.25) is 5.02 Å². The zero-order chi connectivity index (χ0) is 20.8. The van der Waals surface area contributed by atoms with Crippen LogP contribution in [0.3, 0.4) is 0 Å². The lowest BCUT2D eigenvalue weighted by molar-refractivity contribution is 0.122. The van der Waals surface area contributed by atoms with Gasteiger partial charge in [0.1, 0.15) is 5.75 Å². The van der Waals surface area contributed by atoms with Crippen LogP contribution in [0.25, 0.3) is 0 Å². The number of morpholine rings is 1. The monoisotopic (exact) mass is 425 g/mol. The number of para-hydroxylation sites is 1. The van der Waals surface area contributed by atoms with E-state index in [1.54, 1.807) is 30.3 Å². The number of halogens is 1. The normalized spacial score (nSPS) is 14.1. The van der Waals surface area contributed by atoms with Crippen LogP contribution in [0, 0.1) is 0 Å². The van der Waals surface area contributed by atoms with Crippen LogP contribution in [-0.2, 0) is 4.74 Å². The maximum absolute atomic E-state index is 9.85. The molecular formula is C20H20ClN7O2. The zero-order valence-electron chi connectivity index (χ0n) is 16.0. The molecule has 0 saturated carbocycles. The Hall–Kier alpha value is -3.43. The van der Waals surface area contributed by atoms with Gasteiger partial charge in [0.15, 0.2) is 0 Å². The SMILES string of the molecule is Oc1ccccc1/C=N\Nc1nc(Nc2ccc(Cl)cc2)nc(N2CCOCC2)n1. The van der Waals surface area contributed by atoms with E-state index in [1.165, 1.54) is 6.21 Å². The number of aromatic nitrogens is 3. The molecule has 2 aromatic carbocycles. The van der Waals surface area contributed by atoms with Crippen molar-refractivity contribution in [2.75, 3.05) is 41.9 Å². The molecule has 4 rings (SSSR count). The standard InChI is InChI=1S/C20H20ClN7O2/c21-15-5-7-16(8-6-15)23-18-24-19(26-20(25-18)28-9-11-30-12-10-28)27-22-13-14-3-1-2-4-17(14)29/h1-8,13,29H,9-12H2,(H2,23,24,25,26,27)/b22-13-. The summed E-state index contributed by atoms with van der Waals surface area (Å²) in [6.45, 7) is 2.59. The summed E-state index contributed by atoms with van der Waals surface area (Å²) in [7, 11) is 0. The molecule has 1 aliphatic rings. The van der Waals surface area contributed by atoms with Crippen LogP contribution in [0.15, 0.2) is 53.6 Å². The first kappa shape index (κ1) is 19.9. The summed E-state index contributed by atoms with van der Waals surface area (Å²) in [5, 5.41) is 17.8. The van der Waals surface area contributed by atoms with Crippen LogP contribution < -0.4 is 15.6 Å². The summed E-state index contributed by atoms with van der Waals surface area (Å²) in [6, 6.07) is 14.1. The largest absolute Gasteiger partial charge is 0.507 e. The highest BCUT2D eigenvalue weighted by Gasteiger charge is 2.16. The molecule has 0 aliphatic carbocycles. The summed E-state index contributed by atoms with van der Waals surface area (Å²) in [5.41, 5.74) is 4.18. The van der Waals surface area contributed by atoms with Crippen molar-refractivity contribution in [2.24, 2.45) is 5.10 Å². The molecule has 1 aromatic heterocycles. The van der Waals surface area contributed by atoms with Crippen molar-refractivity contribution < 1.29 is 9.84 Å². The van der Waals surface area contributed by atoms with Crippen LogP contribution in [0.1, 0.15) is 5.56 Å². The van der Waals surface area contributed by atoms with E-state index in [1.807, 2.05) is 23.1 Å². The molecule has 2 heterocycles. The fourth-order valence-corrected chi connectivity index (χ4v) is 2.92. The van der Waals surface area contributed by atoms with Gasteiger partial charge in [-0.15, -0.1) is 0 Å². The zero-order valence-corrected chi connectivity index (χ0v) is 16.8. The second kappa shape index (κ2) is 9.38. The van der Waals surface area contributed by atoms with Crippen LogP contribution in [-0.4, -0.2) is 52.6 Å². The molecule has 0 radical (unpaired) electrons. The summed E-state index contributed by atoms with van der Waals surface area (Å²) in [4.78, 5) is 15.4. The predicted molar refractivity (Wildman–Crippen MR) is 117 cm³/mol. The fraction of sp³-hybridized carbons (Fsp3) is 0.200. The first-order chi connectivity index (χ1) is 14.7. The van der Waals surface area contributed by atoms with E-state index in [9.17, 15) is 5.11 Å². The lowest BCUT2D eigenvalue weighted by Crippen LogP contribution is -2.37. The minimum absolute atomic E-state index is 0.137. The van der Waals surface area contributed by atoms with E-state index in [0.717, 1.165) is 5.69 Å². The summed E-state index contributed by atoms with van der Waals surface area (Å²) in [6.07, 6.45) is 1.50. The van der Waals surface area contributed by atoms with E-state index in [0.29, 0.717) is 48.8 Å². The Labute approximate surface area is 178 Å². The predicted octanol–water partition coefficient (Wildman–Crippen LogP) is 3.26. The number of hydrogen-bond donors (Lipinski definition) is 3. The third-order valence-corrected chi connectivity index (χ3v) is 4.57. The van der Waals surface area contributed by atoms with Crippen molar-refractivity contribution in [1.29, 1.82) is 0 Å². The number of nitrogens with one attached hydrogen (secondary N) is 2. The number of hydrazone groups is 1.